The number of piperazine rings is 1. The molecule has 1 aliphatic rings. The Bertz CT molecular complexity index is 942. The van der Waals surface area contributed by atoms with Crippen LogP contribution in [0.3, 0.4) is 0 Å². The van der Waals surface area contributed by atoms with Crippen LogP contribution in [0.25, 0.3) is 0 Å². The van der Waals surface area contributed by atoms with E-state index < -0.39 is 10.0 Å². The number of benzene rings is 2. The molecule has 2 aromatic carbocycles. The number of halogens is 1. The molecular formula is C20H24BrN3O4S. The number of carbonyl (C=O) groups is 1. The number of nitrogens with zero attached hydrogens (tertiary/aromatic N) is 2. The van der Waals surface area contributed by atoms with E-state index in [9.17, 15) is 13.2 Å². The van der Waals surface area contributed by atoms with Crippen molar-refractivity contribution in [3.8, 4) is 5.75 Å². The van der Waals surface area contributed by atoms with Crippen LogP contribution >= 0.6 is 15.9 Å². The first kappa shape index (κ1) is 21.8. The lowest BCUT2D eigenvalue weighted by atomic mass is 10.2. The summed E-state index contributed by atoms with van der Waals surface area (Å²) in [4.78, 5) is 14.7. The molecule has 0 aliphatic carbocycles. The Hall–Kier alpha value is -1.94. The summed E-state index contributed by atoms with van der Waals surface area (Å²) in [5.74, 6) is 0.497. The van der Waals surface area contributed by atoms with Gasteiger partial charge in [0.15, 0.2) is 0 Å². The van der Waals surface area contributed by atoms with Crippen molar-refractivity contribution in [2.45, 2.75) is 4.90 Å². The maximum Gasteiger partial charge on any atom is 0.252 e. The molecule has 1 heterocycles. The number of rotatable bonds is 7. The smallest absolute Gasteiger partial charge is 0.252 e. The molecule has 7 nitrogen and oxygen atoms in total. The SMILES string of the molecule is COc1ccc(S(=O)(=O)N2CCN(CCNC(=O)c3ccccc3Br)CC2)cc1. The normalized spacial score (nSPS) is 15.8. The Morgan fingerprint density at radius 1 is 1.07 bits per heavy atom. The molecule has 1 fully saturated rings. The van der Waals surface area contributed by atoms with Crippen molar-refractivity contribution in [1.82, 2.24) is 14.5 Å². The fourth-order valence-corrected chi connectivity index (χ4v) is 5.05. The minimum absolute atomic E-state index is 0.127. The first-order valence-corrected chi connectivity index (χ1v) is 11.5. The average molecular weight is 482 g/mol. The minimum Gasteiger partial charge on any atom is -0.497 e. The summed E-state index contributed by atoms with van der Waals surface area (Å²) in [7, 11) is -1.96. The number of amides is 1. The van der Waals surface area contributed by atoms with E-state index in [1.165, 1.54) is 4.31 Å². The first-order chi connectivity index (χ1) is 13.9. The molecule has 0 radical (unpaired) electrons. The molecule has 156 valence electrons. The van der Waals surface area contributed by atoms with Crippen molar-refractivity contribution in [2.75, 3.05) is 46.4 Å². The third kappa shape index (κ3) is 5.36. The summed E-state index contributed by atoms with van der Waals surface area (Å²) in [6.45, 7) is 3.28. The van der Waals surface area contributed by atoms with E-state index in [0.717, 1.165) is 4.47 Å². The van der Waals surface area contributed by atoms with Crippen LogP contribution in [-0.2, 0) is 10.0 Å². The van der Waals surface area contributed by atoms with Crippen molar-refractivity contribution in [2.24, 2.45) is 0 Å². The maximum atomic E-state index is 12.8. The van der Waals surface area contributed by atoms with Gasteiger partial charge >= 0.3 is 0 Å². The number of hydrogen-bond donors (Lipinski definition) is 1. The lowest BCUT2D eigenvalue weighted by Gasteiger charge is -2.34. The lowest BCUT2D eigenvalue weighted by Crippen LogP contribution is -2.50. The molecule has 29 heavy (non-hydrogen) atoms. The van der Waals surface area contributed by atoms with Crippen molar-refractivity contribution >= 4 is 31.9 Å². The van der Waals surface area contributed by atoms with E-state index in [2.05, 4.69) is 26.1 Å². The highest BCUT2D eigenvalue weighted by molar-refractivity contribution is 9.10. The van der Waals surface area contributed by atoms with Crippen LogP contribution in [0.15, 0.2) is 57.9 Å². The summed E-state index contributed by atoms with van der Waals surface area (Å²) in [5.41, 5.74) is 0.600. The Balaban J connectivity index is 1.47. The zero-order valence-electron chi connectivity index (χ0n) is 16.2. The largest absolute Gasteiger partial charge is 0.497 e. The highest BCUT2D eigenvalue weighted by atomic mass is 79.9. The van der Waals surface area contributed by atoms with E-state index in [0.29, 0.717) is 50.6 Å². The number of hydrogen-bond acceptors (Lipinski definition) is 5. The predicted molar refractivity (Wildman–Crippen MR) is 115 cm³/mol. The molecule has 1 aliphatic heterocycles. The molecule has 0 atom stereocenters. The van der Waals surface area contributed by atoms with E-state index in [-0.39, 0.29) is 10.8 Å². The van der Waals surface area contributed by atoms with E-state index in [1.54, 1.807) is 37.4 Å². The highest BCUT2D eigenvalue weighted by Crippen LogP contribution is 2.20. The summed E-state index contributed by atoms with van der Waals surface area (Å²) in [6, 6.07) is 13.7. The number of sulfonamides is 1. The molecule has 0 unspecified atom stereocenters. The Morgan fingerprint density at radius 3 is 2.34 bits per heavy atom. The van der Waals surface area contributed by atoms with E-state index in [1.807, 2.05) is 18.2 Å². The van der Waals surface area contributed by atoms with Gasteiger partial charge in [0, 0.05) is 43.7 Å². The van der Waals surface area contributed by atoms with Crippen LogP contribution in [0, 0.1) is 0 Å². The van der Waals surface area contributed by atoms with Gasteiger partial charge in [-0.25, -0.2) is 8.42 Å². The van der Waals surface area contributed by atoms with Crippen LogP contribution in [-0.4, -0.2) is 69.9 Å². The molecule has 1 N–H and O–H groups in total. The van der Waals surface area contributed by atoms with Crippen LogP contribution in [0.2, 0.25) is 0 Å². The summed E-state index contributed by atoms with van der Waals surface area (Å²) in [6.07, 6.45) is 0. The van der Waals surface area contributed by atoms with Crippen LogP contribution in [0.4, 0.5) is 0 Å². The monoisotopic (exact) mass is 481 g/mol. The van der Waals surface area contributed by atoms with Gasteiger partial charge in [-0.2, -0.15) is 4.31 Å². The van der Waals surface area contributed by atoms with Gasteiger partial charge in [-0.05, 0) is 52.3 Å². The van der Waals surface area contributed by atoms with Crippen molar-refractivity contribution < 1.29 is 17.9 Å². The number of carbonyl (C=O) groups excluding carboxylic acids is 1. The van der Waals surface area contributed by atoms with E-state index in [4.69, 9.17) is 4.74 Å². The second-order valence-electron chi connectivity index (χ2n) is 6.66. The predicted octanol–water partition coefficient (Wildman–Crippen LogP) is 2.19. The van der Waals surface area contributed by atoms with Gasteiger partial charge in [0.2, 0.25) is 10.0 Å². The van der Waals surface area contributed by atoms with Gasteiger partial charge in [0.25, 0.3) is 5.91 Å². The average Bonchev–Trinajstić information content (AvgIpc) is 2.74. The molecule has 0 aromatic heterocycles. The van der Waals surface area contributed by atoms with Gasteiger partial charge in [-0.15, -0.1) is 0 Å². The van der Waals surface area contributed by atoms with Gasteiger partial charge in [-0.3, -0.25) is 9.69 Å². The van der Waals surface area contributed by atoms with Gasteiger partial charge < -0.3 is 10.1 Å². The molecule has 0 saturated carbocycles. The van der Waals surface area contributed by atoms with Crippen molar-refractivity contribution in [3.63, 3.8) is 0 Å². The van der Waals surface area contributed by atoms with Crippen molar-refractivity contribution in [1.29, 1.82) is 0 Å². The molecular weight excluding hydrogens is 458 g/mol. The summed E-state index contributed by atoms with van der Waals surface area (Å²) >= 11 is 3.38. The molecule has 9 heteroatoms. The Labute approximate surface area is 179 Å². The Morgan fingerprint density at radius 2 is 1.72 bits per heavy atom. The lowest BCUT2D eigenvalue weighted by molar-refractivity contribution is 0.0944. The fourth-order valence-electron chi connectivity index (χ4n) is 3.16. The van der Waals surface area contributed by atoms with Crippen LogP contribution in [0.5, 0.6) is 5.75 Å². The Kier molecular flexibility index (Phi) is 7.28. The zero-order valence-corrected chi connectivity index (χ0v) is 18.6. The molecule has 1 saturated heterocycles. The number of methoxy groups -OCH3 is 1. The summed E-state index contributed by atoms with van der Waals surface area (Å²) in [5, 5.41) is 2.91. The standard InChI is InChI=1S/C20H24BrN3O4S/c1-28-16-6-8-17(9-7-16)29(26,27)24-14-12-23(13-15-24)11-10-22-20(25)18-4-2-3-5-19(18)21/h2-9H,10-15H2,1H3,(H,22,25). The van der Waals surface area contributed by atoms with E-state index >= 15 is 0 Å². The maximum absolute atomic E-state index is 12.8. The zero-order chi connectivity index (χ0) is 20.9. The topological polar surface area (TPSA) is 79.0 Å². The molecule has 2 aromatic rings. The van der Waals surface area contributed by atoms with Crippen molar-refractivity contribution in [3.05, 3.63) is 58.6 Å². The molecule has 0 spiro atoms. The fraction of sp³-hybridized carbons (Fsp3) is 0.350. The van der Waals surface area contributed by atoms with Gasteiger partial charge in [0.05, 0.1) is 17.6 Å². The highest BCUT2D eigenvalue weighted by Gasteiger charge is 2.28. The number of nitrogens with one attached hydrogen (secondary N) is 1. The second kappa shape index (κ2) is 9.71. The van der Waals surface area contributed by atoms with Crippen LogP contribution in [0.1, 0.15) is 10.4 Å². The van der Waals surface area contributed by atoms with Crippen LogP contribution < -0.4 is 10.1 Å². The third-order valence-corrected chi connectivity index (χ3v) is 7.46. The van der Waals surface area contributed by atoms with Gasteiger partial charge in [0.1, 0.15) is 5.75 Å². The first-order valence-electron chi connectivity index (χ1n) is 9.31. The van der Waals surface area contributed by atoms with Gasteiger partial charge in [-0.1, -0.05) is 12.1 Å². The molecule has 0 bridgehead atoms. The minimum atomic E-state index is -3.51. The summed E-state index contributed by atoms with van der Waals surface area (Å²) < 4.78 is 32.9. The third-order valence-electron chi connectivity index (χ3n) is 4.86. The quantitative estimate of drug-likeness (QED) is 0.655. The molecule has 1 amide bonds. The second-order valence-corrected chi connectivity index (χ2v) is 9.45. The number of ether oxygens (including phenoxy) is 1. The molecule has 3 rings (SSSR count).